The second kappa shape index (κ2) is 6.12. The molecular weight excluding hydrogens is 275 g/mol. The number of hydrogen-bond acceptors (Lipinski definition) is 3. The minimum Gasteiger partial charge on any atom is -0.462 e. The maximum Gasteiger partial charge on any atom is 0.340 e. The van der Waals surface area contributed by atoms with Crippen LogP contribution in [-0.4, -0.2) is 17.6 Å². The molecule has 1 heterocycles. The van der Waals surface area contributed by atoms with Crippen molar-refractivity contribution in [2.45, 2.75) is 19.2 Å². The Labute approximate surface area is 107 Å². The Morgan fingerprint density at radius 3 is 2.71 bits per heavy atom. The predicted molar refractivity (Wildman–Crippen MR) is 59.7 cm³/mol. The van der Waals surface area contributed by atoms with E-state index in [-0.39, 0.29) is 28.8 Å². The number of carbonyl (C=O) groups excluding carboxylic acids is 1. The molecule has 0 amide bonds. The molecule has 0 saturated heterocycles. The van der Waals surface area contributed by atoms with Gasteiger partial charge < -0.3 is 4.74 Å². The van der Waals surface area contributed by atoms with Gasteiger partial charge in [0.1, 0.15) is 5.15 Å². The van der Waals surface area contributed by atoms with Gasteiger partial charge in [0.2, 0.25) is 0 Å². The number of hydrogen-bond donors (Lipinski definition) is 0. The number of halogens is 4. The van der Waals surface area contributed by atoms with Crippen molar-refractivity contribution in [3.8, 4) is 0 Å². The third-order valence-electron chi connectivity index (χ3n) is 2.03. The molecule has 0 fully saturated rings. The normalized spacial score (nSPS) is 10.7. The van der Waals surface area contributed by atoms with Crippen LogP contribution in [0.2, 0.25) is 5.15 Å². The Morgan fingerprint density at radius 2 is 2.24 bits per heavy atom. The summed E-state index contributed by atoms with van der Waals surface area (Å²) in [5, 5.41) is -0.358. The van der Waals surface area contributed by atoms with Crippen LogP contribution < -0.4 is 0 Å². The fourth-order valence-electron chi connectivity index (χ4n) is 1.29. The zero-order valence-electron chi connectivity index (χ0n) is 8.84. The van der Waals surface area contributed by atoms with E-state index >= 15 is 0 Å². The lowest BCUT2D eigenvalue weighted by atomic mass is 10.1. The number of pyridine rings is 1. The monoisotopic (exact) mass is 283 g/mol. The smallest absolute Gasteiger partial charge is 0.340 e. The molecule has 3 nitrogen and oxygen atoms in total. The van der Waals surface area contributed by atoms with Crippen molar-refractivity contribution in [1.29, 1.82) is 0 Å². The molecule has 1 aromatic rings. The van der Waals surface area contributed by atoms with Gasteiger partial charge in [0, 0.05) is 12.1 Å². The van der Waals surface area contributed by atoms with E-state index < -0.39 is 18.0 Å². The van der Waals surface area contributed by atoms with Gasteiger partial charge >= 0.3 is 5.97 Å². The van der Waals surface area contributed by atoms with Crippen LogP contribution in [0.1, 0.15) is 34.8 Å². The first kappa shape index (κ1) is 14.1. The molecule has 0 aromatic carbocycles. The van der Waals surface area contributed by atoms with Crippen molar-refractivity contribution < 1.29 is 18.3 Å². The van der Waals surface area contributed by atoms with Gasteiger partial charge in [0.15, 0.2) is 0 Å². The van der Waals surface area contributed by atoms with E-state index in [2.05, 4.69) is 4.98 Å². The minimum atomic E-state index is -2.85. The molecule has 0 atom stereocenters. The quantitative estimate of drug-likeness (QED) is 0.482. The number of aromatic nitrogens is 1. The van der Waals surface area contributed by atoms with Crippen LogP contribution in [0.3, 0.4) is 0 Å². The molecule has 94 valence electrons. The van der Waals surface area contributed by atoms with E-state index in [9.17, 15) is 13.6 Å². The summed E-state index contributed by atoms with van der Waals surface area (Å²) in [4.78, 5) is 15.0. The average Bonchev–Trinajstić information content (AvgIpc) is 2.27. The lowest BCUT2D eigenvalue weighted by molar-refractivity contribution is 0.0524. The van der Waals surface area contributed by atoms with Gasteiger partial charge in [-0.15, -0.1) is 11.6 Å². The van der Waals surface area contributed by atoms with E-state index in [1.165, 1.54) is 0 Å². The van der Waals surface area contributed by atoms with E-state index in [0.29, 0.717) is 0 Å². The van der Waals surface area contributed by atoms with Crippen LogP contribution in [0.4, 0.5) is 8.78 Å². The number of carbonyl (C=O) groups is 1. The van der Waals surface area contributed by atoms with Gasteiger partial charge in [-0.3, -0.25) is 0 Å². The molecule has 0 spiro atoms. The molecule has 0 radical (unpaired) electrons. The molecule has 1 rings (SSSR count). The number of nitrogens with zero attached hydrogens (tertiary/aromatic N) is 1. The largest absolute Gasteiger partial charge is 0.462 e. The molecule has 0 saturated carbocycles. The van der Waals surface area contributed by atoms with Gasteiger partial charge in [0.25, 0.3) is 6.43 Å². The molecule has 7 heteroatoms. The van der Waals surface area contributed by atoms with Crippen molar-refractivity contribution in [1.82, 2.24) is 4.98 Å². The summed E-state index contributed by atoms with van der Waals surface area (Å²) in [6, 6.07) is 0. The van der Waals surface area contributed by atoms with Gasteiger partial charge in [-0.1, -0.05) is 11.6 Å². The minimum absolute atomic E-state index is 0.0416. The summed E-state index contributed by atoms with van der Waals surface area (Å²) < 4.78 is 30.3. The van der Waals surface area contributed by atoms with E-state index in [0.717, 1.165) is 6.20 Å². The van der Waals surface area contributed by atoms with Crippen molar-refractivity contribution >= 4 is 29.2 Å². The first-order valence-electron chi connectivity index (χ1n) is 4.71. The summed E-state index contributed by atoms with van der Waals surface area (Å²) >= 11 is 11.1. The standard InChI is InChI=1S/C10H9Cl2F2NO2/c1-2-17-10(16)6-4-15-8(12)7(9(13)14)5(6)3-11/h4,9H,2-3H2,1H3. The molecule has 0 unspecified atom stereocenters. The third-order valence-corrected chi connectivity index (χ3v) is 2.60. The molecule has 0 aliphatic carbocycles. The number of rotatable bonds is 4. The highest BCUT2D eigenvalue weighted by Crippen LogP contribution is 2.32. The topological polar surface area (TPSA) is 39.2 Å². The van der Waals surface area contributed by atoms with Gasteiger partial charge in [-0.25, -0.2) is 18.6 Å². The van der Waals surface area contributed by atoms with Gasteiger partial charge in [0.05, 0.1) is 17.7 Å². The first-order valence-corrected chi connectivity index (χ1v) is 5.62. The maximum atomic E-state index is 12.8. The van der Waals surface area contributed by atoms with Crippen LogP contribution in [0.25, 0.3) is 0 Å². The van der Waals surface area contributed by atoms with Gasteiger partial charge in [-0.2, -0.15) is 0 Å². The summed E-state index contributed by atoms with van der Waals surface area (Å²) in [6.07, 6.45) is -1.76. The summed E-state index contributed by atoms with van der Waals surface area (Å²) in [5.41, 5.74) is -0.645. The molecular formula is C10H9Cl2F2NO2. The highest BCUT2D eigenvalue weighted by Gasteiger charge is 2.24. The van der Waals surface area contributed by atoms with Crippen molar-refractivity contribution in [3.63, 3.8) is 0 Å². The Balaban J connectivity index is 3.32. The molecule has 0 bridgehead atoms. The molecule has 0 aliphatic rings. The van der Waals surface area contributed by atoms with E-state index in [1.807, 2.05) is 0 Å². The zero-order valence-corrected chi connectivity index (χ0v) is 10.4. The van der Waals surface area contributed by atoms with Crippen molar-refractivity contribution in [3.05, 3.63) is 28.0 Å². The van der Waals surface area contributed by atoms with Crippen LogP contribution in [0.15, 0.2) is 6.20 Å². The third kappa shape index (κ3) is 3.04. The summed E-state index contributed by atoms with van der Waals surface area (Å²) in [6.45, 7) is 1.74. The molecule has 0 aliphatic heterocycles. The Bertz CT molecular complexity index is 427. The Kier molecular flexibility index (Phi) is 5.08. The lowest BCUT2D eigenvalue weighted by Gasteiger charge is -2.12. The predicted octanol–water partition coefficient (Wildman–Crippen LogP) is 3.59. The fraction of sp³-hybridized carbons (Fsp3) is 0.400. The Hall–Kier alpha value is -0.940. The van der Waals surface area contributed by atoms with Crippen LogP contribution in [-0.2, 0) is 10.6 Å². The fourth-order valence-corrected chi connectivity index (χ4v) is 1.82. The summed E-state index contributed by atoms with van der Waals surface area (Å²) in [7, 11) is 0. The Morgan fingerprint density at radius 1 is 1.59 bits per heavy atom. The number of esters is 1. The van der Waals surface area contributed by atoms with E-state index in [1.54, 1.807) is 6.92 Å². The molecule has 17 heavy (non-hydrogen) atoms. The van der Waals surface area contributed by atoms with Crippen molar-refractivity contribution in [2.75, 3.05) is 6.61 Å². The second-order valence-electron chi connectivity index (χ2n) is 3.01. The lowest BCUT2D eigenvalue weighted by Crippen LogP contribution is -2.11. The zero-order chi connectivity index (χ0) is 13.0. The van der Waals surface area contributed by atoms with Crippen LogP contribution in [0.5, 0.6) is 0 Å². The maximum absolute atomic E-state index is 12.8. The van der Waals surface area contributed by atoms with E-state index in [4.69, 9.17) is 27.9 Å². The molecule has 0 N–H and O–H groups in total. The van der Waals surface area contributed by atoms with Crippen LogP contribution >= 0.6 is 23.2 Å². The second-order valence-corrected chi connectivity index (χ2v) is 3.63. The number of alkyl halides is 3. The first-order chi connectivity index (χ1) is 8.02. The summed E-state index contributed by atoms with van der Waals surface area (Å²) in [5.74, 6) is -1.01. The SMILES string of the molecule is CCOC(=O)c1cnc(Cl)c(C(F)F)c1CCl. The van der Waals surface area contributed by atoms with Crippen molar-refractivity contribution in [2.24, 2.45) is 0 Å². The highest BCUT2D eigenvalue weighted by molar-refractivity contribution is 6.30. The van der Waals surface area contributed by atoms with Crippen LogP contribution in [0, 0.1) is 0 Å². The molecule has 1 aromatic heterocycles. The van der Waals surface area contributed by atoms with Gasteiger partial charge in [-0.05, 0) is 12.5 Å². The average molecular weight is 284 g/mol. The number of ether oxygens (including phenoxy) is 1. The highest BCUT2D eigenvalue weighted by atomic mass is 35.5.